The van der Waals surface area contributed by atoms with E-state index >= 15 is 0 Å². The van der Waals surface area contributed by atoms with Gasteiger partial charge in [0.15, 0.2) is 0 Å². The standard InChI is InChI=1S/C17H30BrNO3/c1-13(14-6-5-7-14)21-17(12-18)8-10-19(11-9-17)15(20)22-16(2,3)4/h13-14H,5-12H2,1-4H3. The molecule has 0 bridgehead atoms. The predicted octanol–water partition coefficient (Wildman–Crippen LogP) is 4.36. The molecule has 0 N–H and O–H groups in total. The van der Waals surface area contributed by atoms with Crippen LogP contribution in [0.3, 0.4) is 0 Å². The number of amides is 1. The zero-order valence-electron chi connectivity index (χ0n) is 14.4. The maximum Gasteiger partial charge on any atom is 0.410 e. The Kier molecular flexibility index (Phi) is 5.81. The first kappa shape index (κ1) is 18.1. The minimum atomic E-state index is -0.434. The Morgan fingerprint density at radius 2 is 1.91 bits per heavy atom. The van der Waals surface area contributed by atoms with Crippen molar-refractivity contribution in [2.24, 2.45) is 5.92 Å². The van der Waals surface area contributed by atoms with Gasteiger partial charge in [0.2, 0.25) is 0 Å². The first-order valence-electron chi connectivity index (χ1n) is 8.46. The molecule has 2 rings (SSSR count). The molecule has 1 unspecified atom stereocenters. The maximum absolute atomic E-state index is 12.2. The van der Waals surface area contributed by atoms with Crippen LogP contribution in [-0.4, -0.2) is 46.7 Å². The molecule has 1 saturated heterocycles. The van der Waals surface area contributed by atoms with Gasteiger partial charge in [-0.05, 0) is 59.3 Å². The molecule has 0 radical (unpaired) electrons. The Morgan fingerprint density at radius 1 is 1.32 bits per heavy atom. The summed E-state index contributed by atoms with van der Waals surface area (Å²) in [5.74, 6) is 0.722. The van der Waals surface area contributed by atoms with E-state index in [0.717, 1.165) is 24.1 Å². The number of carbonyl (C=O) groups excluding carboxylic acids is 1. The summed E-state index contributed by atoms with van der Waals surface area (Å²) in [5.41, 5.74) is -0.566. The first-order valence-corrected chi connectivity index (χ1v) is 9.58. The van der Waals surface area contributed by atoms with Crippen molar-refractivity contribution in [2.75, 3.05) is 18.4 Å². The van der Waals surface area contributed by atoms with Gasteiger partial charge >= 0.3 is 6.09 Å². The molecule has 2 fully saturated rings. The molecular formula is C17H30BrNO3. The highest BCUT2D eigenvalue weighted by Crippen LogP contribution is 2.37. The second kappa shape index (κ2) is 7.08. The highest BCUT2D eigenvalue weighted by atomic mass is 79.9. The van der Waals surface area contributed by atoms with Crippen LogP contribution in [0.25, 0.3) is 0 Å². The SMILES string of the molecule is CC(OC1(CBr)CCN(C(=O)OC(C)(C)C)CC1)C1CCC1. The summed E-state index contributed by atoms with van der Waals surface area (Å²) < 4.78 is 11.9. The van der Waals surface area contributed by atoms with Crippen LogP contribution in [0, 0.1) is 5.92 Å². The number of ether oxygens (including phenoxy) is 2. The summed E-state index contributed by atoms with van der Waals surface area (Å²) in [4.78, 5) is 14.0. The van der Waals surface area contributed by atoms with Gasteiger partial charge in [0.1, 0.15) is 5.60 Å². The monoisotopic (exact) mass is 375 g/mol. The Balaban J connectivity index is 1.86. The fourth-order valence-electron chi connectivity index (χ4n) is 3.11. The summed E-state index contributed by atoms with van der Waals surface area (Å²) in [6.07, 6.45) is 5.78. The number of rotatable bonds is 4. The lowest BCUT2D eigenvalue weighted by Gasteiger charge is -2.44. The summed E-state index contributed by atoms with van der Waals surface area (Å²) >= 11 is 3.63. The van der Waals surface area contributed by atoms with Crippen molar-refractivity contribution in [1.82, 2.24) is 4.90 Å². The molecule has 0 spiro atoms. The lowest BCUT2D eigenvalue weighted by Crippen LogP contribution is -2.52. The fraction of sp³-hybridized carbons (Fsp3) is 0.941. The molecule has 0 aromatic carbocycles. The number of likely N-dealkylation sites (tertiary alicyclic amines) is 1. The van der Waals surface area contributed by atoms with Crippen LogP contribution in [0.15, 0.2) is 0 Å². The minimum absolute atomic E-state index is 0.131. The van der Waals surface area contributed by atoms with Gasteiger partial charge in [0.05, 0.1) is 11.7 Å². The van der Waals surface area contributed by atoms with Gasteiger partial charge in [0, 0.05) is 18.4 Å². The first-order chi connectivity index (χ1) is 10.2. The van der Waals surface area contributed by atoms with Crippen LogP contribution in [0.4, 0.5) is 4.79 Å². The quantitative estimate of drug-likeness (QED) is 0.685. The highest BCUT2D eigenvalue weighted by molar-refractivity contribution is 9.09. The Morgan fingerprint density at radius 3 is 2.32 bits per heavy atom. The van der Waals surface area contributed by atoms with E-state index in [1.54, 1.807) is 0 Å². The Labute approximate surface area is 143 Å². The van der Waals surface area contributed by atoms with Crippen LogP contribution in [0.5, 0.6) is 0 Å². The van der Waals surface area contributed by atoms with Crippen molar-refractivity contribution in [3.63, 3.8) is 0 Å². The zero-order chi connectivity index (χ0) is 16.4. The lowest BCUT2D eigenvalue weighted by molar-refractivity contribution is -0.128. The van der Waals surface area contributed by atoms with Gasteiger partial charge < -0.3 is 14.4 Å². The topological polar surface area (TPSA) is 38.8 Å². The van der Waals surface area contributed by atoms with Crippen molar-refractivity contribution in [3.8, 4) is 0 Å². The minimum Gasteiger partial charge on any atom is -0.444 e. The third kappa shape index (κ3) is 4.60. The molecule has 0 aromatic rings. The molecule has 1 atom stereocenters. The number of alkyl halides is 1. The number of carbonyl (C=O) groups is 1. The van der Waals surface area contributed by atoms with E-state index in [1.165, 1.54) is 19.3 Å². The van der Waals surface area contributed by atoms with E-state index in [1.807, 2.05) is 25.7 Å². The summed E-state index contributed by atoms with van der Waals surface area (Å²) in [6, 6.07) is 0. The van der Waals surface area contributed by atoms with Crippen LogP contribution in [0.2, 0.25) is 0 Å². The molecule has 2 aliphatic rings. The van der Waals surface area contributed by atoms with Crippen molar-refractivity contribution >= 4 is 22.0 Å². The number of hydrogen-bond acceptors (Lipinski definition) is 3. The Bertz CT molecular complexity index is 382. The normalized spacial score (nSPS) is 23.8. The molecule has 0 aromatic heterocycles. The maximum atomic E-state index is 12.2. The highest BCUT2D eigenvalue weighted by Gasteiger charge is 2.40. The van der Waals surface area contributed by atoms with E-state index in [-0.39, 0.29) is 11.7 Å². The molecule has 1 saturated carbocycles. The molecule has 4 nitrogen and oxygen atoms in total. The third-order valence-corrected chi connectivity index (χ3v) is 5.84. The van der Waals surface area contributed by atoms with Crippen LogP contribution in [0.1, 0.15) is 59.8 Å². The molecule has 128 valence electrons. The second-order valence-corrected chi connectivity index (χ2v) is 8.36. The van der Waals surface area contributed by atoms with Crippen molar-refractivity contribution in [1.29, 1.82) is 0 Å². The predicted molar refractivity (Wildman–Crippen MR) is 91.5 cm³/mol. The summed E-state index contributed by atoms with van der Waals surface area (Å²) in [6.45, 7) is 9.33. The zero-order valence-corrected chi connectivity index (χ0v) is 15.9. The largest absolute Gasteiger partial charge is 0.444 e. The van der Waals surface area contributed by atoms with E-state index in [0.29, 0.717) is 19.2 Å². The van der Waals surface area contributed by atoms with Gasteiger partial charge in [-0.1, -0.05) is 22.4 Å². The van der Waals surface area contributed by atoms with Crippen LogP contribution in [-0.2, 0) is 9.47 Å². The lowest BCUT2D eigenvalue weighted by atomic mass is 9.81. The van der Waals surface area contributed by atoms with Gasteiger partial charge in [-0.15, -0.1) is 0 Å². The molecule has 1 aliphatic heterocycles. The summed E-state index contributed by atoms with van der Waals surface area (Å²) in [7, 11) is 0. The smallest absolute Gasteiger partial charge is 0.410 e. The van der Waals surface area contributed by atoms with Crippen molar-refractivity contribution in [3.05, 3.63) is 0 Å². The molecule has 22 heavy (non-hydrogen) atoms. The molecule has 1 aliphatic carbocycles. The van der Waals surface area contributed by atoms with Gasteiger partial charge in [0.25, 0.3) is 0 Å². The fourth-order valence-corrected chi connectivity index (χ4v) is 3.80. The van der Waals surface area contributed by atoms with Crippen LogP contribution >= 0.6 is 15.9 Å². The van der Waals surface area contributed by atoms with E-state index < -0.39 is 5.60 Å². The van der Waals surface area contributed by atoms with Gasteiger partial charge in [-0.3, -0.25) is 0 Å². The average Bonchev–Trinajstić information content (AvgIpc) is 2.35. The van der Waals surface area contributed by atoms with Crippen molar-refractivity contribution in [2.45, 2.75) is 77.1 Å². The summed E-state index contributed by atoms with van der Waals surface area (Å²) in [5, 5.41) is 0.833. The molecule has 1 heterocycles. The molecule has 5 heteroatoms. The Hall–Kier alpha value is -0.290. The van der Waals surface area contributed by atoms with E-state index in [9.17, 15) is 4.79 Å². The number of halogens is 1. The molecule has 1 amide bonds. The number of piperidine rings is 1. The van der Waals surface area contributed by atoms with Gasteiger partial charge in [-0.25, -0.2) is 4.79 Å². The number of hydrogen-bond donors (Lipinski definition) is 0. The third-order valence-electron chi connectivity index (χ3n) is 4.82. The van der Waals surface area contributed by atoms with Gasteiger partial charge in [-0.2, -0.15) is 0 Å². The van der Waals surface area contributed by atoms with Crippen molar-refractivity contribution < 1.29 is 14.3 Å². The number of nitrogens with zero attached hydrogens (tertiary/aromatic N) is 1. The van der Waals surface area contributed by atoms with E-state index in [4.69, 9.17) is 9.47 Å². The second-order valence-electron chi connectivity index (χ2n) is 7.80. The molecular weight excluding hydrogens is 346 g/mol. The average molecular weight is 376 g/mol. The van der Waals surface area contributed by atoms with Crippen LogP contribution < -0.4 is 0 Å². The van der Waals surface area contributed by atoms with E-state index in [2.05, 4.69) is 22.9 Å².